The molecule has 0 spiro atoms. The lowest BCUT2D eigenvalue weighted by Gasteiger charge is -2.35. The van der Waals surface area contributed by atoms with Gasteiger partial charge in [0.1, 0.15) is 6.04 Å². The van der Waals surface area contributed by atoms with Crippen LogP contribution < -0.4 is 0 Å². The molecule has 0 heterocycles. The van der Waals surface area contributed by atoms with Crippen LogP contribution in [-0.2, 0) is 4.79 Å². The minimum absolute atomic E-state index is 0.257. The number of nitrogens with zero attached hydrogens (tertiary/aromatic N) is 1. The molecule has 0 radical (unpaired) electrons. The van der Waals surface area contributed by atoms with Gasteiger partial charge in [-0.1, -0.05) is 19.3 Å². The number of alkyl halides is 2. The van der Waals surface area contributed by atoms with E-state index in [1.54, 1.807) is 0 Å². The van der Waals surface area contributed by atoms with E-state index < -0.39 is 12.0 Å². The maximum atomic E-state index is 11.5. The fourth-order valence-corrected chi connectivity index (χ4v) is 3.15. The highest BCUT2D eigenvalue weighted by atomic mass is 35.5. The molecule has 1 aliphatic carbocycles. The lowest BCUT2D eigenvalue weighted by Crippen LogP contribution is -2.48. The monoisotopic (exact) mass is 281 g/mol. The van der Waals surface area contributed by atoms with Crippen LogP contribution in [0, 0.1) is 5.92 Å². The summed E-state index contributed by atoms with van der Waals surface area (Å²) in [6.07, 6.45) is 5.54. The summed E-state index contributed by atoms with van der Waals surface area (Å²) in [5, 5.41) is 9.42. The summed E-state index contributed by atoms with van der Waals surface area (Å²) < 4.78 is 0. The molecule has 0 amide bonds. The van der Waals surface area contributed by atoms with Crippen molar-refractivity contribution in [2.24, 2.45) is 5.92 Å². The Morgan fingerprint density at radius 3 is 2.12 bits per heavy atom. The first-order valence-electron chi connectivity index (χ1n) is 6.29. The minimum Gasteiger partial charge on any atom is -0.480 e. The first kappa shape index (κ1) is 15.1. The summed E-state index contributed by atoms with van der Waals surface area (Å²) in [6.45, 7) is 1.20. The number of hydrogen-bond donors (Lipinski definition) is 1. The van der Waals surface area contributed by atoms with Crippen LogP contribution in [-0.4, -0.2) is 46.9 Å². The molecular formula is C12H21Cl2NO2. The summed E-state index contributed by atoms with van der Waals surface area (Å²) in [6, 6.07) is -0.409. The molecule has 5 heteroatoms. The van der Waals surface area contributed by atoms with Crippen LogP contribution in [0.15, 0.2) is 0 Å². The predicted octanol–water partition coefficient (Wildman–Crippen LogP) is 2.80. The quantitative estimate of drug-likeness (QED) is 0.730. The Labute approximate surface area is 113 Å². The molecule has 0 saturated heterocycles. The maximum Gasteiger partial charge on any atom is 0.321 e. The van der Waals surface area contributed by atoms with Gasteiger partial charge in [0.15, 0.2) is 0 Å². The van der Waals surface area contributed by atoms with Gasteiger partial charge >= 0.3 is 5.97 Å². The normalized spacial score (nSPS) is 19.5. The van der Waals surface area contributed by atoms with E-state index in [-0.39, 0.29) is 5.92 Å². The van der Waals surface area contributed by atoms with Gasteiger partial charge in [0.2, 0.25) is 0 Å². The second-order valence-electron chi connectivity index (χ2n) is 4.60. The summed E-state index contributed by atoms with van der Waals surface area (Å²) in [5.41, 5.74) is 0. The van der Waals surface area contributed by atoms with Crippen LogP contribution in [0.25, 0.3) is 0 Å². The zero-order valence-corrected chi connectivity index (χ0v) is 11.6. The molecule has 1 N–H and O–H groups in total. The van der Waals surface area contributed by atoms with E-state index >= 15 is 0 Å². The van der Waals surface area contributed by atoms with Crippen molar-refractivity contribution in [2.75, 3.05) is 24.8 Å². The molecule has 0 aromatic rings. The zero-order valence-electron chi connectivity index (χ0n) is 10.1. The molecule has 3 nitrogen and oxygen atoms in total. The van der Waals surface area contributed by atoms with E-state index in [0.29, 0.717) is 24.8 Å². The molecule has 1 aliphatic rings. The highest BCUT2D eigenvalue weighted by molar-refractivity contribution is 6.18. The predicted molar refractivity (Wildman–Crippen MR) is 71.0 cm³/mol. The summed E-state index contributed by atoms with van der Waals surface area (Å²) in [4.78, 5) is 13.4. The summed E-state index contributed by atoms with van der Waals surface area (Å²) >= 11 is 11.5. The van der Waals surface area contributed by atoms with Crippen LogP contribution in [0.5, 0.6) is 0 Å². The van der Waals surface area contributed by atoms with Crippen LogP contribution in [0.1, 0.15) is 32.1 Å². The number of aliphatic carboxylic acids is 1. The third kappa shape index (κ3) is 4.65. The molecule has 1 fully saturated rings. The van der Waals surface area contributed by atoms with E-state index in [1.165, 1.54) is 6.42 Å². The van der Waals surface area contributed by atoms with Crippen molar-refractivity contribution < 1.29 is 9.90 Å². The van der Waals surface area contributed by atoms with Crippen LogP contribution in [0.4, 0.5) is 0 Å². The summed E-state index contributed by atoms with van der Waals surface area (Å²) in [7, 11) is 0. The third-order valence-electron chi connectivity index (χ3n) is 3.49. The number of carbonyl (C=O) groups is 1. The van der Waals surface area contributed by atoms with Gasteiger partial charge in [-0.15, -0.1) is 23.2 Å². The number of carboxylic acid groups (broad SMARTS) is 1. The van der Waals surface area contributed by atoms with E-state index in [4.69, 9.17) is 23.2 Å². The van der Waals surface area contributed by atoms with E-state index in [9.17, 15) is 9.90 Å². The second kappa shape index (κ2) is 8.17. The van der Waals surface area contributed by atoms with Crippen molar-refractivity contribution >= 4 is 29.2 Å². The van der Waals surface area contributed by atoms with Crippen molar-refractivity contribution in [3.63, 3.8) is 0 Å². The zero-order chi connectivity index (χ0) is 12.7. The van der Waals surface area contributed by atoms with Crippen molar-refractivity contribution in [1.82, 2.24) is 4.90 Å². The van der Waals surface area contributed by atoms with E-state index in [0.717, 1.165) is 25.7 Å². The fraction of sp³-hybridized carbons (Fsp3) is 0.917. The molecule has 0 aromatic carbocycles. The topological polar surface area (TPSA) is 40.5 Å². The Morgan fingerprint density at radius 2 is 1.71 bits per heavy atom. The third-order valence-corrected chi connectivity index (χ3v) is 3.82. The standard InChI is InChI=1S/C12H21Cl2NO2/c13-6-8-15(9-7-14)11(12(16)17)10-4-2-1-3-5-10/h10-11H,1-9H2,(H,16,17). The number of carboxylic acids is 1. The molecule has 100 valence electrons. The van der Waals surface area contributed by atoms with Crippen molar-refractivity contribution in [3.05, 3.63) is 0 Å². The average Bonchev–Trinajstić information content (AvgIpc) is 2.31. The molecule has 1 unspecified atom stereocenters. The lowest BCUT2D eigenvalue weighted by atomic mass is 9.83. The van der Waals surface area contributed by atoms with Gasteiger partial charge in [-0.3, -0.25) is 9.69 Å². The Kier molecular flexibility index (Phi) is 7.24. The van der Waals surface area contributed by atoms with Gasteiger partial charge in [-0.05, 0) is 18.8 Å². The number of hydrogen-bond acceptors (Lipinski definition) is 2. The SMILES string of the molecule is O=C(O)C(C1CCCCC1)N(CCCl)CCCl. The van der Waals surface area contributed by atoms with Crippen LogP contribution in [0.2, 0.25) is 0 Å². The highest BCUT2D eigenvalue weighted by Gasteiger charge is 2.33. The van der Waals surface area contributed by atoms with Gasteiger partial charge in [0, 0.05) is 24.8 Å². The molecule has 17 heavy (non-hydrogen) atoms. The van der Waals surface area contributed by atoms with Crippen molar-refractivity contribution in [3.8, 4) is 0 Å². The fourth-order valence-electron chi connectivity index (χ4n) is 2.71. The van der Waals surface area contributed by atoms with Gasteiger partial charge in [-0.2, -0.15) is 0 Å². The molecule has 0 aromatic heterocycles. The van der Waals surface area contributed by atoms with Crippen LogP contribution in [0.3, 0.4) is 0 Å². The molecule has 0 aliphatic heterocycles. The van der Waals surface area contributed by atoms with E-state index in [2.05, 4.69) is 0 Å². The smallest absolute Gasteiger partial charge is 0.321 e. The van der Waals surface area contributed by atoms with Gasteiger partial charge in [0.05, 0.1) is 0 Å². The molecule has 1 saturated carbocycles. The largest absolute Gasteiger partial charge is 0.480 e. The summed E-state index contributed by atoms with van der Waals surface area (Å²) in [5.74, 6) is 0.431. The molecular weight excluding hydrogens is 261 g/mol. The first-order chi connectivity index (χ1) is 8.20. The van der Waals surface area contributed by atoms with Gasteiger partial charge < -0.3 is 5.11 Å². The maximum absolute atomic E-state index is 11.5. The van der Waals surface area contributed by atoms with E-state index in [1.807, 2.05) is 4.90 Å². The Hall–Kier alpha value is 0.01000. The highest BCUT2D eigenvalue weighted by Crippen LogP contribution is 2.29. The van der Waals surface area contributed by atoms with Crippen LogP contribution >= 0.6 is 23.2 Å². The second-order valence-corrected chi connectivity index (χ2v) is 5.35. The Bertz CT molecular complexity index is 227. The Balaban J connectivity index is 2.69. The Morgan fingerprint density at radius 1 is 1.18 bits per heavy atom. The molecule has 1 atom stereocenters. The minimum atomic E-state index is -0.730. The van der Waals surface area contributed by atoms with Crippen molar-refractivity contribution in [2.45, 2.75) is 38.1 Å². The molecule has 0 bridgehead atoms. The van der Waals surface area contributed by atoms with Crippen molar-refractivity contribution in [1.29, 1.82) is 0 Å². The number of halogens is 2. The average molecular weight is 282 g/mol. The van der Waals surface area contributed by atoms with Gasteiger partial charge in [-0.25, -0.2) is 0 Å². The lowest BCUT2D eigenvalue weighted by molar-refractivity contribution is -0.146. The molecule has 1 rings (SSSR count). The van der Waals surface area contributed by atoms with Gasteiger partial charge in [0.25, 0.3) is 0 Å². The first-order valence-corrected chi connectivity index (χ1v) is 7.36. The number of rotatable bonds is 7.